The molecular formula is C36H46. The Morgan fingerprint density at radius 3 is 1.08 bits per heavy atom. The van der Waals surface area contributed by atoms with E-state index in [1.807, 2.05) is 0 Å². The van der Waals surface area contributed by atoms with Crippen molar-refractivity contribution in [1.82, 2.24) is 0 Å². The van der Waals surface area contributed by atoms with Crippen LogP contribution in [0.3, 0.4) is 0 Å². The summed E-state index contributed by atoms with van der Waals surface area (Å²) < 4.78 is 0. The molecule has 0 heterocycles. The maximum Gasteiger partial charge on any atom is 0.0215 e. The van der Waals surface area contributed by atoms with Gasteiger partial charge < -0.3 is 0 Å². The number of benzene rings is 3. The molecule has 0 aromatic heterocycles. The summed E-state index contributed by atoms with van der Waals surface area (Å²) in [6.45, 7) is 9.40. The van der Waals surface area contributed by atoms with E-state index in [1.165, 1.54) is 88.2 Å². The van der Waals surface area contributed by atoms with Crippen LogP contribution in [0.2, 0.25) is 0 Å². The summed E-state index contributed by atoms with van der Waals surface area (Å²) in [4.78, 5) is 0. The Balaban J connectivity index is 1.78. The number of rotatable bonds is 12. The molecular weight excluding hydrogens is 432 g/mol. The first-order valence-electron chi connectivity index (χ1n) is 15.1. The molecule has 3 aromatic carbocycles. The van der Waals surface area contributed by atoms with Crippen LogP contribution < -0.4 is 0 Å². The molecule has 0 amide bonds. The van der Waals surface area contributed by atoms with Crippen LogP contribution in [0.4, 0.5) is 0 Å². The zero-order valence-corrected chi connectivity index (χ0v) is 23.3. The van der Waals surface area contributed by atoms with E-state index in [1.54, 1.807) is 33.4 Å². The molecule has 2 aliphatic rings. The summed E-state index contributed by atoms with van der Waals surface area (Å²) in [5, 5.41) is 0. The highest BCUT2D eigenvalue weighted by Crippen LogP contribution is 2.60. The Hall–Kier alpha value is -2.34. The average Bonchev–Trinajstić information content (AvgIpc) is 3.35. The molecule has 0 heteroatoms. The average molecular weight is 479 g/mol. The minimum Gasteiger partial charge on any atom is -0.0654 e. The summed E-state index contributed by atoms with van der Waals surface area (Å²) in [5.74, 6) is 0. The molecule has 0 radical (unpaired) electrons. The number of hydrogen-bond donors (Lipinski definition) is 0. The number of unbranched alkanes of at least 4 members (excludes halogenated alkanes) is 4. The van der Waals surface area contributed by atoms with Gasteiger partial charge >= 0.3 is 0 Å². The summed E-state index contributed by atoms with van der Waals surface area (Å²) in [5.41, 5.74) is 12.9. The molecule has 0 fully saturated rings. The topological polar surface area (TPSA) is 0 Å². The maximum absolute atomic E-state index is 2.69. The van der Waals surface area contributed by atoms with E-state index in [2.05, 4.69) is 88.4 Å². The third-order valence-electron chi connectivity index (χ3n) is 9.48. The molecule has 36 heavy (non-hydrogen) atoms. The van der Waals surface area contributed by atoms with Crippen molar-refractivity contribution in [2.24, 2.45) is 0 Å². The van der Waals surface area contributed by atoms with Crippen molar-refractivity contribution in [3.8, 4) is 22.3 Å². The molecule has 0 saturated heterocycles. The van der Waals surface area contributed by atoms with Gasteiger partial charge in [0.05, 0.1) is 0 Å². The van der Waals surface area contributed by atoms with E-state index in [0.717, 1.165) is 0 Å². The van der Waals surface area contributed by atoms with Crippen molar-refractivity contribution >= 4 is 0 Å². The van der Waals surface area contributed by atoms with E-state index >= 15 is 0 Å². The smallest absolute Gasteiger partial charge is 0.0215 e. The van der Waals surface area contributed by atoms with E-state index in [0.29, 0.717) is 0 Å². The number of hydrogen-bond acceptors (Lipinski definition) is 0. The fraction of sp³-hybridized carbons (Fsp3) is 0.500. The van der Waals surface area contributed by atoms with Crippen LogP contribution in [-0.4, -0.2) is 0 Å². The van der Waals surface area contributed by atoms with Gasteiger partial charge in [0.25, 0.3) is 0 Å². The normalized spacial score (nSPS) is 15.9. The maximum atomic E-state index is 2.69. The first-order chi connectivity index (χ1) is 17.7. The van der Waals surface area contributed by atoms with E-state index in [4.69, 9.17) is 0 Å². The Bertz CT molecular complexity index is 1090. The minimum absolute atomic E-state index is 0.167. The van der Waals surface area contributed by atoms with Gasteiger partial charge in [0.15, 0.2) is 0 Å². The molecule has 0 aliphatic heterocycles. The third-order valence-corrected chi connectivity index (χ3v) is 9.48. The lowest BCUT2D eigenvalue weighted by Crippen LogP contribution is -2.27. The van der Waals surface area contributed by atoms with Gasteiger partial charge in [-0.2, -0.15) is 0 Å². The van der Waals surface area contributed by atoms with E-state index < -0.39 is 0 Å². The Kier molecular flexibility index (Phi) is 7.43. The summed E-state index contributed by atoms with van der Waals surface area (Å²) >= 11 is 0. The minimum atomic E-state index is 0.167. The molecule has 0 spiro atoms. The van der Waals surface area contributed by atoms with Crippen LogP contribution in [-0.2, 0) is 10.8 Å². The molecule has 0 unspecified atom stereocenters. The van der Waals surface area contributed by atoms with Crippen LogP contribution in [0.5, 0.6) is 0 Å². The Morgan fingerprint density at radius 2 is 0.750 bits per heavy atom. The lowest BCUT2D eigenvalue weighted by molar-refractivity contribution is 0.410. The van der Waals surface area contributed by atoms with Crippen LogP contribution in [0, 0.1) is 0 Å². The first-order valence-corrected chi connectivity index (χ1v) is 15.1. The monoisotopic (exact) mass is 478 g/mol. The quantitative estimate of drug-likeness (QED) is 0.243. The molecule has 0 nitrogen and oxygen atoms in total. The van der Waals surface area contributed by atoms with Gasteiger partial charge in [-0.05, 0) is 82.3 Å². The summed E-state index contributed by atoms with van der Waals surface area (Å²) in [6, 6.07) is 24.2. The zero-order valence-electron chi connectivity index (χ0n) is 23.3. The van der Waals surface area contributed by atoms with Gasteiger partial charge in [-0.3, -0.25) is 0 Å². The second-order valence-corrected chi connectivity index (χ2v) is 11.6. The molecule has 190 valence electrons. The third kappa shape index (κ3) is 3.87. The predicted molar refractivity (Wildman–Crippen MR) is 157 cm³/mol. The standard InChI is InChI=1S/C36H46/c1-5-9-21-35(22-10-6-2)31-19-15-13-17-27(31)29-26-34-30(25-33(29)35)28-18-14-16-20-32(28)36(34,23-11-7-3)24-12-8-4/h13-20,25-26H,5-12,21-24H2,1-4H3. The van der Waals surface area contributed by atoms with Gasteiger partial charge in [0, 0.05) is 10.8 Å². The van der Waals surface area contributed by atoms with Crippen molar-refractivity contribution in [3.63, 3.8) is 0 Å². The Labute approximate surface area is 220 Å². The number of fused-ring (bicyclic) bond motifs is 6. The SMILES string of the molecule is CCCCC1(CCCC)c2ccccc2-c2cc3c(cc21)-c1ccccc1C3(CCCC)CCCC. The van der Waals surface area contributed by atoms with Crippen molar-refractivity contribution < 1.29 is 0 Å². The van der Waals surface area contributed by atoms with E-state index in [-0.39, 0.29) is 10.8 Å². The van der Waals surface area contributed by atoms with Crippen molar-refractivity contribution in [2.45, 2.75) is 116 Å². The van der Waals surface area contributed by atoms with Crippen LogP contribution in [0.15, 0.2) is 60.7 Å². The van der Waals surface area contributed by atoms with Crippen molar-refractivity contribution in [2.75, 3.05) is 0 Å². The Morgan fingerprint density at radius 1 is 0.417 bits per heavy atom. The molecule has 3 aromatic rings. The largest absolute Gasteiger partial charge is 0.0654 e. The molecule has 5 rings (SSSR count). The second kappa shape index (κ2) is 10.6. The highest BCUT2D eigenvalue weighted by atomic mass is 14.5. The zero-order chi connectivity index (χ0) is 25.2. The van der Waals surface area contributed by atoms with Gasteiger partial charge in [-0.15, -0.1) is 0 Å². The predicted octanol–water partition coefficient (Wildman–Crippen LogP) is 11.0. The molecule has 0 saturated carbocycles. The van der Waals surface area contributed by atoms with E-state index in [9.17, 15) is 0 Å². The summed E-state index contributed by atoms with van der Waals surface area (Å²) in [6.07, 6.45) is 15.3. The van der Waals surface area contributed by atoms with Gasteiger partial charge in [-0.25, -0.2) is 0 Å². The second-order valence-electron chi connectivity index (χ2n) is 11.6. The summed E-state index contributed by atoms with van der Waals surface area (Å²) in [7, 11) is 0. The molecule has 0 bridgehead atoms. The van der Waals surface area contributed by atoms with Crippen LogP contribution >= 0.6 is 0 Å². The van der Waals surface area contributed by atoms with Gasteiger partial charge in [0.2, 0.25) is 0 Å². The fourth-order valence-corrected chi connectivity index (χ4v) is 7.64. The highest BCUT2D eigenvalue weighted by Gasteiger charge is 2.47. The van der Waals surface area contributed by atoms with Crippen LogP contribution in [0.1, 0.15) is 127 Å². The van der Waals surface area contributed by atoms with Crippen molar-refractivity contribution in [1.29, 1.82) is 0 Å². The molecule has 2 aliphatic carbocycles. The van der Waals surface area contributed by atoms with Gasteiger partial charge in [0.1, 0.15) is 0 Å². The van der Waals surface area contributed by atoms with Crippen LogP contribution in [0.25, 0.3) is 22.3 Å². The fourth-order valence-electron chi connectivity index (χ4n) is 7.64. The highest BCUT2D eigenvalue weighted by molar-refractivity contribution is 5.89. The first kappa shape index (κ1) is 25.3. The molecule has 0 atom stereocenters. The molecule has 0 N–H and O–H groups in total. The van der Waals surface area contributed by atoms with Gasteiger partial charge in [-0.1, -0.05) is 128 Å². The van der Waals surface area contributed by atoms with Crippen molar-refractivity contribution in [3.05, 3.63) is 82.9 Å². The lowest BCUT2D eigenvalue weighted by atomic mass is 9.69. The lowest BCUT2D eigenvalue weighted by Gasteiger charge is -2.34.